The summed E-state index contributed by atoms with van der Waals surface area (Å²) < 4.78 is 32.1. The topological polar surface area (TPSA) is 92.8 Å². The first-order chi connectivity index (χ1) is 15.8. The van der Waals surface area contributed by atoms with Crippen LogP contribution in [0, 0.1) is 5.92 Å². The van der Waals surface area contributed by atoms with Crippen molar-refractivity contribution in [3.63, 3.8) is 0 Å². The minimum absolute atomic E-state index is 0.165. The molecule has 3 aromatic rings. The Morgan fingerprint density at radius 2 is 1.64 bits per heavy atom. The maximum absolute atomic E-state index is 12.8. The third-order valence-electron chi connectivity index (χ3n) is 5.62. The minimum atomic E-state index is -3.65. The highest BCUT2D eigenvalue weighted by molar-refractivity contribution is 7.89. The van der Waals surface area contributed by atoms with Gasteiger partial charge in [0.1, 0.15) is 0 Å². The summed E-state index contributed by atoms with van der Waals surface area (Å²) in [6, 6.07) is 19.3. The van der Waals surface area contributed by atoms with E-state index in [4.69, 9.17) is 16.3 Å². The first-order valence-corrected chi connectivity index (χ1v) is 12.4. The Bertz CT molecular complexity index is 1270. The number of amides is 1. The summed E-state index contributed by atoms with van der Waals surface area (Å²) in [5.41, 5.74) is 0.621. The molecule has 0 aromatic heterocycles. The van der Waals surface area contributed by atoms with Crippen molar-refractivity contribution in [1.82, 2.24) is 4.31 Å². The molecule has 0 radical (unpaired) electrons. The zero-order valence-corrected chi connectivity index (χ0v) is 19.3. The molecule has 1 aliphatic rings. The number of nitrogens with one attached hydrogen (secondary N) is 1. The average molecular weight is 487 g/mol. The molecule has 1 N–H and O–H groups in total. The summed E-state index contributed by atoms with van der Waals surface area (Å²) in [5.74, 6) is -1.37. The Hall–Kier alpha value is -2.94. The van der Waals surface area contributed by atoms with E-state index in [9.17, 15) is 18.0 Å². The number of hydrogen-bond acceptors (Lipinski definition) is 5. The lowest BCUT2D eigenvalue weighted by atomic mass is 9.98. The van der Waals surface area contributed by atoms with Gasteiger partial charge < -0.3 is 10.1 Å². The van der Waals surface area contributed by atoms with Gasteiger partial charge in [-0.3, -0.25) is 9.59 Å². The number of anilines is 1. The Morgan fingerprint density at radius 1 is 0.970 bits per heavy atom. The largest absolute Gasteiger partial charge is 0.455 e. The molecule has 1 heterocycles. The van der Waals surface area contributed by atoms with Crippen molar-refractivity contribution >= 4 is 50.0 Å². The zero-order valence-electron chi connectivity index (χ0n) is 17.7. The van der Waals surface area contributed by atoms with Crippen LogP contribution in [0.5, 0.6) is 0 Å². The lowest BCUT2D eigenvalue weighted by Crippen LogP contribution is -2.40. The van der Waals surface area contributed by atoms with Crippen LogP contribution in [0.2, 0.25) is 5.02 Å². The molecule has 4 rings (SSSR count). The first kappa shape index (κ1) is 23.2. The van der Waals surface area contributed by atoms with Gasteiger partial charge in [0.15, 0.2) is 6.61 Å². The van der Waals surface area contributed by atoms with Gasteiger partial charge in [-0.15, -0.1) is 0 Å². The molecule has 1 amide bonds. The van der Waals surface area contributed by atoms with E-state index >= 15 is 0 Å². The molecule has 0 bridgehead atoms. The third-order valence-corrected chi connectivity index (χ3v) is 7.78. The second kappa shape index (κ2) is 9.91. The molecule has 1 fully saturated rings. The predicted octanol–water partition coefficient (Wildman–Crippen LogP) is 4.08. The number of halogens is 1. The van der Waals surface area contributed by atoms with Crippen LogP contribution >= 0.6 is 11.6 Å². The number of sulfonamides is 1. The van der Waals surface area contributed by atoms with Gasteiger partial charge in [0.05, 0.1) is 10.8 Å². The third kappa shape index (κ3) is 5.52. The Labute approximate surface area is 197 Å². The van der Waals surface area contributed by atoms with Crippen LogP contribution in [0.3, 0.4) is 0 Å². The lowest BCUT2D eigenvalue weighted by Gasteiger charge is -2.30. The van der Waals surface area contributed by atoms with E-state index in [1.807, 2.05) is 36.4 Å². The van der Waals surface area contributed by atoms with Crippen LogP contribution in [-0.4, -0.2) is 44.3 Å². The van der Waals surface area contributed by atoms with Crippen LogP contribution < -0.4 is 5.32 Å². The van der Waals surface area contributed by atoms with E-state index in [1.165, 1.54) is 28.6 Å². The van der Waals surface area contributed by atoms with E-state index in [1.54, 1.807) is 6.07 Å². The lowest BCUT2D eigenvalue weighted by molar-refractivity contribution is -0.152. The summed E-state index contributed by atoms with van der Waals surface area (Å²) in [6.45, 7) is 0.0109. The fraction of sp³-hybridized carbons (Fsp3) is 0.250. The molecule has 172 valence electrons. The van der Waals surface area contributed by atoms with Crippen molar-refractivity contribution < 1.29 is 22.7 Å². The molecule has 0 aliphatic carbocycles. The van der Waals surface area contributed by atoms with Crippen molar-refractivity contribution in [1.29, 1.82) is 0 Å². The predicted molar refractivity (Wildman–Crippen MR) is 126 cm³/mol. The van der Waals surface area contributed by atoms with Crippen LogP contribution in [-0.2, 0) is 24.3 Å². The molecule has 0 atom stereocenters. The quantitative estimate of drug-likeness (QED) is 0.530. The number of hydrogen-bond donors (Lipinski definition) is 1. The number of benzene rings is 3. The molecule has 7 nitrogen and oxygen atoms in total. The van der Waals surface area contributed by atoms with Gasteiger partial charge in [-0.25, -0.2) is 8.42 Å². The molecule has 33 heavy (non-hydrogen) atoms. The van der Waals surface area contributed by atoms with E-state index < -0.39 is 34.4 Å². The second-order valence-electron chi connectivity index (χ2n) is 7.85. The van der Waals surface area contributed by atoms with Gasteiger partial charge in [-0.2, -0.15) is 4.31 Å². The van der Waals surface area contributed by atoms with E-state index in [-0.39, 0.29) is 18.0 Å². The summed E-state index contributed by atoms with van der Waals surface area (Å²) in [7, 11) is -3.65. The molecule has 0 unspecified atom stereocenters. The van der Waals surface area contributed by atoms with Gasteiger partial charge in [-0.1, -0.05) is 41.9 Å². The molecule has 1 aliphatic heterocycles. The molecular weight excluding hydrogens is 464 g/mol. The molecule has 0 saturated carbocycles. The summed E-state index contributed by atoms with van der Waals surface area (Å²) in [5, 5.41) is 5.24. The monoisotopic (exact) mass is 486 g/mol. The number of rotatable bonds is 6. The number of nitrogens with zero attached hydrogens (tertiary/aromatic N) is 1. The Morgan fingerprint density at radius 3 is 2.33 bits per heavy atom. The van der Waals surface area contributed by atoms with Crippen LogP contribution in [0.15, 0.2) is 71.6 Å². The van der Waals surface area contributed by atoms with Crippen molar-refractivity contribution in [2.45, 2.75) is 17.7 Å². The normalized spacial score (nSPS) is 15.3. The number of ether oxygens (including phenoxy) is 1. The second-order valence-corrected chi connectivity index (χ2v) is 10.2. The average Bonchev–Trinajstić information content (AvgIpc) is 2.83. The standard InChI is InChI=1S/C24H23ClN2O5S/c25-20-6-9-22(10-7-20)33(30,31)27-13-11-18(12-14-27)24(29)32-16-23(28)26-21-8-5-17-3-1-2-4-19(17)15-21/h1-10,15,18H,11-14,16H2,(H,26,28). The number of fused-ring (bicyclic) bond motifs is 1. The number of piperidine rings is 1. The van der Waals surface area contributed by atoms with Crippen molar-refractivity contribution in [2.75, 3.05) is 25.0 Å². The number of esters is 1. The van der Waals surface area contributed by atoms with Crippen molar-refractivity contribution in [2.24, 2.45) is 5.92 Å². The van der Waals surface area contributed by atoms with E-state index in [0.717, 1.165) is 10.8 Å². The van der Waals surface area contributed by atoms with Gasteiger partial charge in [0, 0.05) is 23.8 Å². The fourth-order valence-electron chi connectivity index (χ4n) is 3.81. The Balaban J connectivity index is 1.26. The summed E-state index contributed by atoms with van der Waals surface area (Å²) in [4.78, 5) is 24.8. The smallest absolute Gasteiger partial charge is 0.309 e. The van der Waals surface area contributed by atoms with E-state index in [0.29, 0.717) is 23.6 Å². The molecule has 3 aromatic carbocycles. The van der Waals surface area contributed by atoms with Gasteiger partial charge in [-0.05, 0) is 60.0 Å². The SMILES string of the molecule is O=C(COC(=O)C1CCN(S(=O)(=O)c2ccc(Cl)cc2)CC1)Nc1ccc2ccccc2c1. The number of carbonyl (C=O) groups excluding carboxylic acids is 2. The maximum Gasteiger partial charge on any atom is 0.309 e. The maximum atomic E-state index is 12.8. The minimum Gasteiger partial charge on any atom is -0.455 e. The highest BCUT2D eigenvalue weighted by Crippen LogP contribution is 2.25. The molecular formula is C24H23ClN2O5S. The van der Waals surface area contributed by atoms with Crippen LogP contribution in [0.4, 0.5) is 5.69 Å². The van der Waals surface area contributed by atoms with Crippen LogP contribution in [0.1, 0.15) is 12.8 Å². The van der Waals surface area contributed by atoms with Gasteiger partial charge in [0.2, 0.25) is 10.0 Å². The van der Waals surface area contributed by atoms with Crippen molar-refractivity contribution in [3.05, 3.63) is 71.8 Å². The van der Waals surface area contributed by atoms with Crippen LogP contribution in [0.25, 0.3) is 10.8 Å². The van der Waals surface area contributed by atoms with Crippen molar-refractivity contribution in [3.8, 4) is 0 Å². The zero-order chi connectivity index (χ0) is 23.4. The summed E-state index contributed by atoms with van der Waals surface area (Å²) >= 11 is 5.83. The summed E-state index contributed by atoms with van der Waals surface area (Å²) in [6.07, 6.45) is 0.663. The van der Waals surface area contributed by atoms with Gasteiger partial charge in [0.25, 0.3) is 5.91 Å². The number of carbonyl (C=O) groups is 2. The van der Waals surface area contributed by atoms with E-state index in [2.05, 4.69) is 5.32 Å². The highest BCUT2D eigenvalue weighted by atomic mass is 35.5. The Kier molecular flexibility index (Phi) is 6.97. The van der Waals surface area contributed by atoms with Gasteiger partial charge >= 0.3 is 5.97 Å². The fourth-order valence-corrected chi connectivity index (χ4v) is 5.40. The molecule has 9 heteroatoms. The first-order valence-electron chi connectivity index (χ1n) is 10.5. The molecule has 0 spiro atoms. The molecule has 1 saturated heterocycles. The highest BCUT2D eigenvalue weighted by Gasteiger charge is 2.33.